The average Bonchev–Trinajstić information content (AvgIpc) is 2.34. The summed E-state index contributed by atoms with van der Waals surface area (Å²) in [5.41, 5.74) is -0.378. The molecule has 0 amide bonds. The fraction of sp³-hybridized carbons (Fsp3) is 0.0833. The Hall–Kier alpha value is -1.71. The molecular formula is C12H6F3IO4. The van der Waals surface area contributed by atoms with Crippen LogP contribution in [0.25, 0.3) is 10.8 Å². The average molecular weight is 398 g/mol. The van der Waals surface area contributed by atoms with Crippen molar-refractivity contribution >= 4 is 39.7 Å². The van der Waals surface area contributed by atoms with E-state index < -0.39 is 23.8 Å². The molecule has 0 saturated carbocycles. The van der Waals surface area contributed by atoms with Gasteiger partial charge in [0, 0.05) is 5.39 Å². The van der Waals surface area contributed by atoms with E-state index in [9.17, 15) is 23.1 Å². The standard InChI is InChI=1S/C12H6F3IO4/c13-12(14,15)19-8-5-6-3-1-2-4-7(6)9(11(17)18)10(8)20-16/h1-5H,(H,17,18). The van der Waals surface area contributed by atoms with Gasteiger partial charge in [-0.25, -0.2) is 4.79 Å². The van der Waals surface area contributed by atoms with Gasteiger partial charge in [0.15, 0.2) is 34.5 Å². The summed E-state index contributed by atoms with van der Waals surface area (Å²) in [6.07, 6.45) is -4.94. The Morgan fingerprint density at radius 2 is 1.90 bits per heavy atom. The Kier molecular flexibility index (Phi) is 3.93. The molecule has 8 heteroatoms. The number of alkyl halides is 3. The topological polar surface area (TPSA) is 55.8 Å². The highest BCUT2D eigenvalue weighted by molar-refractivity contribution is 14.1. The second-order valence-electron chi connectivity index (χ2n) is 3.73. The molecule has 0 aromatic heterocycles. The predicted octanol–water partition coefficient (Wildman–Crippen LogP) is 4.17. The lowest BCUT2D eigenvalue weighted by atomic mass is 10.0. The number of ether oxygens (including phenoxy) is 1. The van der Waals surface area contributed by atoms with Crippen molar-refractivity contribution in [1.82, 2.24) is 0 Å². The Bertz CT molecular complexity index is 670. The zero-order valence-electron chi connectivity index (χ0n) is 9.57. The molecule has 0 heterocycles. The number of benzene rings is 2. The summed E-state index contributed by atoms with van der Waals surface area (Å²) < 4.78 is 45.7. The molecule has 106 valence electrons. The van der Waals surface area contributed by atoms with Gasteiger partial charge in [-0.2, -0.15) is 0 Å². The van der Waals surface area contributed by atoms with Gasteiger partial charge < -0.3 is 12.9 Å². The third kappa shape index (κ3) is 2.89. The second-order valence-corrected chi connectivity index (χ2v) is 4.17. The van der Waals surface area contributed by atoms with E-state index in [1.54, 1.807) is 12.1 Å². The van der Waals surface area contributed by atoms with Gasteiger partial charge >= 0.3 is 12.3 Å². The minimum absolute atomic E-state index is 0.265. The molecule has 0 bridgehead atoms. The molecule has 0 aliphatic rings. The first-order valence-electron chi connectivity index (χ1n) is 5.17. The van der Waals surface area contributed by atoms with Crippen molar-refractivity contribution in [2.45, 2.75) is 6.36 Å². The zero-order chi connectivity index (χ0) is 14.9. The van der Waals surface area contributed by atoms with Gasteiger partial charge in [-0.3, -0.25) is 0 Å². The molecule has 0 aliphatic heterocycles. The second kappa shape index (κ2) is 5.35. The Morgan fingerprint density at radius 1 is 1.25 bits per heavy atom. The normalized spacial score (nSPS) is 11.4. The van der Waals surface area contributed by atoms with E-state index in [-0.39, 0.29) is 10.9 Å². The summed E-state index contributed by atoms with van der Waals surface area (Å²) in [5.74, 6) is -2.57. The molecule has 0 saturated heterocycles. The molecule has 0 unspecified atom stereocenters. The van der Waals surface area contributed by atoms with Crippen LogP contribution in [-0.2, 0) is 0 Å². The van der Waals surface area contributed by atoms with E-state index in [0.29, 0.717) is 5.39 Å². The largest absolute Gasteiger partial charge is 0.573 e. The Balaban J connectivity index is 2.78. The molecule has 2 rings (SSSR count). The molecule has 2 aromatic carbocycles. The summed E-state index contributed by atoms with van der Waals surface area (Å²) in [6.45, 7) is 0. The Labute approximate surface area is 124 Å². The minimum atomic E-state index is -4.94. The van der Waals surface area contributed by atoms with Crippen molar-refractivity contribution in [2.24, 2.45) is 0 Å². The lowest BCUT2D eigenvalue weighted by Crippen LogP contribution is -2.18. The van der Waals surface area contributed by atoms with Crippen molar-refractivity contribution in [3.8, 4) is 11.5 Å². The van der Waals surface area contributed by atoms with Crippen LogP contribution in [0.1, 0.15) is 10.4 Å². The number of carboxylic acids is 1. The van der Waals surface area contributed by atoms with E-state index in [2.05, 4.69) is 4.74 Å². The third-order valence-corrected chi connectivity index (χ3v) is 2.92. The number of aromatic carboxylic acids is 1. The summed E-state index contributed by atoms with van der Waals surface area (Å²) in [5, 5.41) is 9.77. The summed E-state index contributed by atoms with van der Waals surface area (Å²) in [7, 11) is 0. The summed E-state index contributed by atoms with van der Waals surface area (Å²) >= 11 is 1.31. The Morgan fingerprint density at radius 3 is 2.45 bits per heavy atom. The van der Waals surface area contributed by atoms with E-state index in [1.807, 2.05) is 0 Å². The maximum absolute atomic E-state index is 12.4. The highest BCUT2D eigenvalue weighted by atomic mass is 127. The summed E-state index contributed by atoms with van der Waals surface area (Å²) in [4.78, 5) is 11.3. The van der Waals surface area contributed by atoms with Crippen LogP contribution >= 0.6 is 23.0 Å². The van der Waals surface area contributed by atoms with Gasteiger partial charge in [-0.1, -0.05) is 24.3 Å². The van der Waals surface area contributed by atoms with Crippen LogP contribution < -0.4 is 7.80 Å². The van der Waals surface area contributed by atoms with E-state index in [0.717, 1.165) is 6.07 Å². The maximum Gasteiger partial charge on any atom is 0.573 e. The highest BCUT2D eigenvalue weighted by Crippen LogP contribution is 2.41. The van der Waals surface area contributed by atoms with Gasteiger partial charge in [0.25, 0.3) is 0 Å². The first-order valence-corrected chi connectivity index (χ1v) is 6.05. The van der Waals surface area contributed by atoms with Crippen molar-refractivity contribution in [3.63, 3.8) is 0 Å². The fourth-order valence-electron chi connectivity index (χ4n) is 1.79. The molecule has 2 aromatic rings. The van der Waals surface area contributed by atoms with Crippen LogP contribution in [0.5, 0.6) is 11.5 Å². The number of hydrogen-bond acceptors (Lipinski definition) is 3. The third-order valence-electron chi connectivity index (χ3n) is 2.48. The molecule has 4 nitrogen and oxygen atoms in total. The number of fused-ring (bicyclic) bond motifs is 1. The molecule has 0 spiro atoms. The molecule has 0 atom stereocenters. The molecule has 1 N–H and O–H groups in total. The predicted molar refractivity (Wildman–Crippen MR) is 72.2 cm³/mol. The lowest BCUT2D eigenvalue weighted by molar-refractivity contribution is -0.274. The fourth-order valence-corrected chi connectivity index (χ4v) is 2.23. The lowest BCUT2D eigenvalue weighted by Gasteiger charge is -2.15. The van der Waals surface area contributed by atoms with E-state index >= 15 is 0 Å². The van der Waals surface area contributed by atoms with Crippen LogP contribution in [0.15, 0.2) is 30.3 Å². The van der Waals surface area contributed by atoms with Crippen molar-refractivity contribution in [3.05, 3.63) is 35.9 Å². The van der Waals surface area contributed by atoms with Crippen LogP contribution in [-0.4, -0.2) is 17.4 Å². The minimum Gasteiger partial charge on any atom is -0.478 e. The van der Waals surface area contributed by atoms with Gasteiger partial charge in [0.05, 0.1) is 0 Å². The van der Waals surface area contributed by atoms with Gasteiger partial charge in [0.1, 0.15) is 5.56 Å². The molecule has 0 radical (unpaired) electrons. The number of carboxylic acid groups (broad SMARTS) is 1. The van der Waals surface area contributed by atoms with Crippen LogP contribution in [0, 0.1) is 0 Å². The number of hydrogen-bond donors (Lipinski definition) is 1. The zero-order valence-corrected chi connectivity index (χ0v) is 11.7. The molecule has 0 aliphatic carbocycles. The first kappa shape index (κ1) is 14.7. The van der Waals surface area contributed by atoms with Crippen LogP contribution in [0.3, 0.4) is 0 Å². The number of rotatable bonds is 3. The van der Waals surface area contributed by atoms with Crippen molar-refractivity contribution in [1.29, 1.82) is 0 Å². The van der Waals surface area contributed by atoms with E-state index in [4.69, 9.17) is 3.07 Å². The maximum atomic E-state index is 12.4. The first-order chi connectivity index (χ1) is 9.33. The van der Waals surface area contributed by atoms with Gasteiger partial charge in [0.2, 0.25) is 0 Å². The molecule has 0 fully saturated rings. The molecule has 20 heavy (non-hydrogen) atoms. The van der Waals surface area contributed by atoms with Crippen LogP contribution in [0.4, 0.5) is 13.2 Å². The SMILES string of the molecule is O=C(O)c1c(OI)c(OC(F)(F)F)cc2ccccc12. The smallest absolute Gasteiger partial charge is 0.478 e. The quantitative estimate of drug-likeness (QED) is 0.789. The van der Waals surface area contributed by atoms with Crippen LogP contribution in [0.2, 0.25) is 0 Å². The molecular weight excluding hydrogens is 392 g/mol. The summed E-state index contributed by atoms with van der Waals surface area (Å²) in [6, 6.07) is 7.21. The highest BCUT2D eigenvalue weighted by Gasteiger charge is 2.34. The van der Waals surface area contributed by atoms with Crippen molar-refractivity contribution in [2.75, 3.05) is 0 Å². The van der Waals surface area contributed by atoms with E-state index in [1.165, 1.54) is 35.1 Å². The van der Waals surface area contributed by atoms with Gasteiger partial charge in [-0.15, -0.1) is 13.2 Å². The monoisotopic (exact) mass is 398 g/mol. The van der Waals surface area contributed by atoms with Gasteiger partial charge in [-0.05, 0) is 11.5 Å². The number of halogens is 4. The van der Waals surface area contributed by atoms with Crippen molar-refractivity contribution < 1.29 is 30.9 Å². The number of carbonyl (C=O) groups is 1.